The van der Waals surface area contributed by atoms with Crippen LogP contribution in [-0.2, 0) is 0 Å². The van der Waals surface area contributed by atoms with Crippen molar-refractivity contribution in [2.45, 2.75) is 66.0 Å². The monoisotopic (exact) mass is 214 g/mol. The maximum Gasteiger partial charge on any atom is 0.0223 e. The van der Waals surface area contributed by atoms with E-state index in [0.717, 1.165) is 6.54 Å². The molecule has 0 aromatic heterocycles. The quantitative estimate of drug-likeness (QED) is 0.736. The second kappa shape index (κ2) is 6.49. The topological polar surface area (TPSA) is 29.3 Å². The minimum atomic E-state index is 0.365. The second-order valence-corrected chi connectivity index (χ2v) is 5.79. The van der Waals surface area contributed by atoms with Crippen LogP contribution in [0.25, 0.3) is 0 Å². The van der Waals surface area contributed by atoms with Gasteiger partial charge >= 0.3 is 0 Å². The van der Waals surface area contributed by atoms with E-state index in [1.54, 1.807) is 0 Å². The van der Waals surface area contributed by atoms with Crippen LogP contribution in [0.1, 0.15) is 53.9 Å². The van der Waals surface area contributed by atoms with Gasteiger partial charge < -0.3 is 5.73 Å². The van der Waals surface area contributed by atoms with Crippen LogP contribution in [0.2, 0.25) is 0 Å². The first-order chi connectivity index (χ1) is 6.85. The summed E-state index contributed by atoms with van der Waals surface area (Å²) in [6.45, 7) is 12.2. The molecule has 2 heteroatoms. The molecule has 0 saturated carbocycles. The molecule has 0 aliphatic carbocycles. The molecule has 0 rings (SSSR count). The van der Waals surface area contributed by atoms with E-state index in [4.69, 9.17) is 5.73 Å². The van der Waals surface area contributed by atoms with Crippen LogP contribution in [0.15, 0.2) is 0 Å². The molecular weight excluding hydrogens is 184 g/mol. The van der Waals surface area contributed by atoms with E-state index >= 15 is 0 Å². The summed E-state index contributed by atoms with van der Waals surface area (Å²) in [7, 11) is 2.22. The highest BCUT2D eigenvalue weighted by Crippen LogP contribution is 2.24. The molecule has 0 spiro atoms. The molecular formula is C13H30N2. The minimum absolute atomic E-state index is 0.365. The molecule has 0 heterocycles. The first kappa shape index (κ1) is 14.9. The molecule has 0 fully saturated rings. The normalized spacial score (nSPS) is 15.0. The Morgan fingerprint density at radius 3 is 1.80 bits per heavy atom. The third-order valence-corrected chi connectivity index (χ3v) is 3.21. The van der Waals surface area contributed by atoms with E-state index in [1.165, 1.54) is 19.3 Å². The van der Waals surface area contributed by atoms with Crippen LogP contribution < -0.4 is 5.73 Å². The fourth-order valence-corrected chi connectivity index (χ4v) is 2.26. The molecule has 0 radical (unpaired) electrons. The largest absolute Gasteiger partial charge is 0.329 e. The third kappa shape index (κ3) is 5.53. The van der Waals surface area contributed by atoms with Crippen molar-refractivity contribution in [2.24, 2.45) is 11.1 Å². The van der Waals surface area contributed by atoms with E-state index in [-0.39, 0.29) is 0 Å². The lowest BCUT2D eigenvalue weighted by atomic mass is 9.87. The highest BCUT2D eigenvalue weighted by molar-refractivity contribution is 4.80. The van der Waals surface area contributed by atoms with E-state index < -0.39 is 0 Å². The predicted octanol–water partition coefficient (Wildman–Crippen LogP) is 2.87. The van der Waals surface area contributed by atoms with E-state index in [0.29, 0.717) is 17.5 Å². The van der Waals surface area contributed by atoms with Crippen molar-refractivity contribution in [2.75, 3.05) is 13.6 Å². The fourth-order valence-electron chi connectivity index (χ4n) is 2.26. The van der Waals surface area contributed by atoms with Crippen molar-refractivity contribution >= 4 is 0 Å². The summed E-state index contributed by atoms with van der Waals surface area (Å²) in [6.07, 6.45) is 3.61. The number of hydrogen-bond donors (Lipinski definition) is 1. The van der Waals surface area contributed by atoms with Crippen LogP contribution in [0.3, 0.4) is 0 Å². The first-order valence-corrected chi connectivity index (χ1v) is 6.27. The zero-order valence-corrected chi connectivity index (χ0v) is 11.5. The number of nitrogens with zero attached hydrogens (tertiary/aromatic N) is 1. The summed E-state index contributed by atoms with van der Waals surface area (Å²) in [5.74, 6) is 0. The Bertz CT molecular complexity index is 156. The van der Waals surface area contributed by atoms with Gasteiger partial charge in [-0.3, -0.25) is 4.90 Å². The van der Waals surface area contributed by atoms with Crippen molar-refractivity contribution < 1.29 is 0 Å². The van der Waals surface area contributed by atoms with Gasteiger partial charge in [-0.2, -0.15) is 0 Å². The van der Waals surface area contributed by atoms with Gasteiger partial charge in [-0.1, -0.05) is 34.6 Å². The van der Waals surface area contributed by atoms with Gasteiger partial charge in [0, 0.05) is 18.6 Å². The molecule has 1 unspecified atom stereocenters. The summed E-state index contributed by atoms with van der Waals surface area (Å²) >= 11 is 0. The third-order valence-electron chi connectivity index (χ3n) is 3.21. The number of likely N-dealkylation sites (N-methyl/N-ethyl adjacent to an activating group) is 1. The lowest BCUT2D eigenvalue weighted by Gasteiger charge is -2.37. The molecule has 2 nitrogen and oxygen atoms in total. The Balaban J connectivity index is 4.38. The molecule has 0 aliphatic rings. The van der Waals surface area contributed by atoms with Gasteiger partial charge in [0.15, 0.2) is 0 Å². The van der Waals surface area contributed by atoms with Crippen molar-refractivity contribution in [1.29, 1.82) is 0 Å². The molecule has 0 aromatic rings. The van der Waals surface area contributed by atoms with Crippen LogP contribution in [0.5, 0.6) is 0 Å². The van der Waals surface area contributed by atoms with Crippen LogP contribution in [0, 0.1) is 5.41 Å². The smallest absolute Gasteiger partial charge is 0.0223 e. The SMILES string of the molecule is CCC(CC)N(C)C(CN)CC(C)(C)C. The van der Waals surface area contributed by atoms with Crippen molar-refractivity contribution in [1.82, 2.24) is 4.90 Å². The molecule has 1 atom stereocenters. The zero-order valence-electron chi connectivity index (χ0n) is 11.5. The molecule has 0 bridgehead atoms. The van der Waals surface area contributed by atoms with Gasteiger partial charge in [-0.25, -0.2) is 0 Å². The zero-order chi connectivity index (χ0) is 12.1. The van der Waals surface area contributed by atoms with Crippen LogP contribution in [0.4, 0.5) is 0 Å². The van der Waals surface area contributed by atoms with Crippen molar-refractivity contribution in [3.8, 4) is 0 Å². The highest BCUT2D eigenvalue weighted by Gasteiger charge is 2.24. The van der Waals surface area contributed by atoms with Gasteiger partial charge in [-0.15, -0.1) is 0 Å². The Labute approximate surface area is 96.2 Å². The van der Waals surface area contributed by atoms with Crippen molar-refractivity contribution in [3.63, 3.8) is 0 Å². The molecule has 15 heavy (non-hydrogen) atoms. The van der Waals surface area contributed by atoms with Gasteiger partial charge in [0.1, 0.15) is 0 Å². The molecule has 2 N–H and O–H groups in total. The van der Waals surface area contributed by atoms with E-state index in [9.17, 15) is 0 Å². The highest BCUT2D eigenvalue weighted by atomic mass is 15.2. The fraction of sp³-hybridized carbons (Fsp3) is 1.00. The maximum absolute atomic E-state index is 5.89. The second-order valence-electron chi connectivity index (χ2n) is 5.79. The van der Waals surface area contributed by atoms with Gasteiger partial charge in [0.25, 0.3) is 0 Å². The maximum atomic E-state index is 5.89. The number of hydrogen-bond acceptors (Lipinski definition) is 2. The van der Waals surface area contributed by atoms with Gasteiger partial charge in [0.05, 0.1) is 0 Å². The Morgan fingerprint density at radius 1 is 1.07 bits per heavy atom. The Morgan fingerprint density at radius 2 is 1.53 bits per heavy atom. The molecule has 92 valence electrons. The predicted molar refractivity (Wildman–Crippen MR) is 69.0 cm³/mol. The molecule has 0 aromatic carbocycles. The number of nitrogens with two attached hydrogens (primary N) is 1. The summed E-state index contributed by atoms with van der Waals surface area (Å²) < 4.78 is 0. The minimum Gasteiger partial charge on any atom is -0.329 e. The lowest BCUT2D eigenvalue weighted by Crippen LogP contribution is -2.45. The lowest BCUT2D eigenvalue weighted by molar-refractivity contribution is 0.129. The van der Waals surface area contributed by atoms with Gasteiger partial charge in [-0.05, 0) is 31.7 Å². The van der Waals surface area contributed by atoms with Gasteiger partial charge in [0.2, 0.25) is 0 Å². The Kier molecular flexibility index (Phi) is 6.46. The average molecular weight is 214 g/mol. The standard InChI is InChI=1S/C13H30N2/c1-7-11(8-2)15(6)12(10-14)9-13(3,4)5/h11-12H,7-10,14H2,1-6H3. The van der Waals surface area contributed by atoms with Crippen molar-refractivity contribution in [3.05, 3.63) is 0 Å². The summed E-state index contributed by atoms with van der Waals surface area (Å²) in [5.41, 5.74) is 6.25. The van der Waals surface area contributed by atoms with E-state index in [1.807, 2.05) is 0 Å². The summed E-state index contributed by atoms with van der Waals surface area (Å²) in [5, 5.41) is 0. The molecule has 0 amide bonds. The molecule has 0 saturated heterocycles. The average Bonchev–Trinajstić information content (AvgIpc) is 2.14. The van der Waals surface area contributed by atoms with E-state index in [2.05, 4.69) is 46.6 Å². The summed E-state index contributed by atoms with van der Waals surface area (Å²) in [4.78, 5) is 2.48. The van der Waals surface area contributed by atoms with Crippen LogP contribution in [-0.4, -0.2) is 30.6 Å². The number of rotatable bonds is 6. The first-order valence-electron chi connectivity index (χ1n) is 6.27. The molecule has 0 aliphatic heterocycles. The summed E-state index contributed by atoms with van der Waals surface area (Å²) in [6, 6.07) is 1.20. The van der Waals surface area contributed by atoms with Crippen LogP contribution >= 0.6 is 0 Å². The Hall–Kier alpha value is -0.0800.